The fraction of sp³-hybridized carbons (Fsp3) is 0.174. The number of aromatic amines is 1. The molecule has 0 fully saturated rings. The van der Waals surface area contributed by atoms with Crippen molar-refractivity contribution in [3.8, 4) is 5.75 Å². The maximum Gasteiger partial charge on any atom is 0.435 e. The second kappa shape index (κ2) is 10.8. The van der Waals surface area contributed by atoms with Gasteiger partial charge in [-0.15, -0.1) is 0 Å². The van der Waals surface area contributed by atoms with E-state index in [1.54, 1.807) is 0 Å². The Morgan fingerprint density at radius 1 is 0.921 bits per heavy atom. The Morgan fingerprint density at radius 3 is 2.05 bits per heavy atom. The number of pyridine rings is 1. The fourth-order valence-corrected chi connectivity index (χ4v) is 4.27. The second-order valence-electron chi connectivity index (χ2n) is 7.55. The Hall–Kier alpha value is -3.39. The molecule has 0 bridgehead atoms. The highest BCUT2D eigenvalue weighted by molar-refractivity contribution is 9.10. The van der Waals surface area contributed by atoms with Crippen molar-refractivity contribution in [2.75, 3.05) is 17.7 Å². The quantitative estimate of drug-likeness (QED) is 0.297. The van der Waals surface area contributed by atoms with Crippen LogP contribution in [0.25, 0.3) is 0 Å². The number of aromatic nitrogens is 1. The van der Waals surface area contributed by atoms with Gasteiger partial charge in [0.15, 0.2) is 18.1 Å². The van der Waals surface area contributed by atoms with Crippen molar-refractivity contribution in [3.63, 3.8) is 0 Å². The number of H-pyrrole nitrogens is 1. The van der Waals surface area contributed by atoms with E-state index in [-0.39, 0.29) is 34.7 Å². The molecule has 0 aliphatic carbocycles. The molecule has 0 atom stereocenters. The number of amides is 2. The molecule has 0 radical (unpaired) electrons. The molecule has 2 aromatic carbocycles. The van der Waals surface area contributed by atoms with Crippen molar-refractivity contribution in [2.24, 2.45) is 0 Å². The third kappa shape index (κ3) is 5.55. The highest BCUT2D eigenvalue weighted by Gasteiger charge is 2.73. The molecule has 0 saturated heterocycles. The first-order valence-corrected chi connectivity index (χ1v) is 11.4. The van der Waals surface area contributed by atoms with Crippen molar-refractivity contribution in [1.82, 2.24) is 0 Å². The topological polar surface area (TPSA) is 81.6 Å². The molecule has 0 aliphatic heterocycles. The average Bonchev–Trinajstić information content (AvgIpc) is 2.84. The Balaban J connectivity index is 1.96. The lowest BCUT2D eigenvalue weighted by Crippen LogP contribution is -2.50. The summed E-state index contributed by atoms with van der Waals surface area (Å²) in [4.78, 5) is 28.2. The summed E-state index contributed by atoms with van der Waals surface area (Å²) in [5, 5.41) is 3.99. The summed E-state index contributed by atoms with van der Waals surface area (Å²) in [5.41, 5.74) is -7.82. The number of alkyl halides is 7. The summed E-state index contributed by atoms with van der Waals surface area (Å²) >= 11 is 8.62. The van der Waals surface area contributed by atoms with Gasteiger partial charge in [-0.25, -0.2) is 9.37 Å². The van der Waals surface area contributed by atoms with Crippen LogP contribution in [0.5, 0.6) is 5.75 Å². The Kier molecular flexibility index (Phi) is 8.27. The van der Waals surface area contributed by atoms with Crippen molar-refractivity contribution < 1.29 is 50.0 Å². The summed E-state index contributed by atoms with van der Waals surface area (Å²) in [5.74, 6) is -1.61. The lowest BCUT2D eigenvalue weighted by molar-refractivity contribution is -0.378. The zero-order valence-corrected chi connectivity index (χ0v) is 21.2. The van der Waals surface area contributed by atoms with Gasteiger partial charge in [0.25, 0.3) is 11.8 Å². The SMILES string of the molecule is COc1c(NC(=O)c2cc[nH+]cc2)cccc1C(=O)Nc1c(Cl)cc(C(F)(C(F)(F)F)C(F)(F)F)cc1Br. The average molecular weight is 630 g/mol. The van der Waals surface area contributed by atoms with E-state index in [9.17, 15) is 40.3 Å². The van der Waals surface area contributed by atoms with Crippen LogP contribution in [-0.2, 0) is 5.67 Å². The van der Waals surface area contributed by atoms with E-state index in [1.165, 1.54) is 49.8 Å². The molecule has 0 spiro atoms. The maximum absolute atomic E-state index is 14.5. The van der Waals surface area contributed by atoms with E-state index < -0.39 is 50.6 Å². The van der Waals surface area contributed by atoms with Crippen molar-refractivity contribution >= 4 is 50.7 Å². The molecule has 0 saturated carbocycles. The van der Waals surface area contributed by atoms with Gasteiger partial charge in [-0.2, -0.15) is 26.3 Å². The molecule has 38 heavy (non-hydrogen) atoms. The molecule has 202 valence electrons. The molecular formula is C23H15BrClF7N3O3+. The van der Waals surface area contributed by atoms with Crippen LogP contribution >= 0.6 is 27.5 Å². The van der Waals surface area contributed by atoms with Gasteiger partial charge in [-0.05, 0) is 40.2 Å². The number of hydrogen-bond donors (Lipinski definition) is 2. The number of halogens is 9. The molecule has 0 aliphatic rings. The standard InChI is InChI=1S/C23H14BrClF7N3O3/c1-38-18-13(3-2-4-16(18)34-19(36)11-5-7-33-8-6-11)20(37)35-17-14(24)9-12(10-15(17)25)21(26,22(27,28)29)23(30,31)32/h2-10H,1H3,(H,34,36)(H,35,37)/p+1. The van der Waals surface area contributed by atoms with Crippen LogP contribution in [0.3, 0.4) is 0 Å². The van der Waals surface area contributed by atoms with E-state index in [0.29, 0.717) is 0 Å². The number of hydrogen-bond acceptors (Lipinski definition) is 3. The van der Waals surface area contributed by atoms with Gasteiger partial charge in [-0.3, -0.25) is 9.59 Å². The fourth-order valence-electron chi connectivity index (χ4n) is 3.33. The number of para-hydroxylation sites is 1. The molecule has 1 aromatic heterocycles. The van der Waals surface area contributed by atoms with E-state index in [4.69, 9.17) is 16.3 Å². The highest BCUT2D eigenvalue weighted by atomic mass is 79.9. The maximum atomic E-state index is 14.5. The largest absolute Gasteiger partial charge is 0.494 e. The summed E-state index contributed by atoms with van der Waals surface area (Å²) in [7, 11) is 1.20. The minimum Gasteiger partial charge on any atom is -0.494 e. The monoisotopic (exact) mass is 628 g/mol. The van der Waals surface area contributed by atoms with Crippen molar-refractivity contribution in [1.29, 1.82) is 0 Å². The minimum absolute atomic E-state index is 0.0797. The number of methoxy groups -OCH3 is 1. The van der Waals surface area contributed by atoms with Crippen LogP contribution in [0.1, 0.15) is 26.3 Å². The van der Waals surface area contributed by atoms with Crippen LogP contribution in [0.4, 0.5) is 42.1 Å². The van der Waals surface area contributed by atoms with Crippen molar-refractivity contribution in [3.05, 3.63) is 81.0 Å². The molecule has 2 amide bonds. The molecule has 3 N–H and O–H groups in total. The van der Waals surface area contributed by atoms with E-state index >= 15 is 0 Å². The lowest BCUT2D eigenvalue weighted by Gasteiger charge is -2.30. The molecule has 6 nitrogen and oxygen atoms in total. The van der Waals surface area contributed by atoms with Gasteiger partial charge in [0.2, 0.25) is 0 Å². The normalized spacial score (nSPS) is 12.2. The predicted octanol–water partition coefficient (Wildman–Crippen LogP) is 6.72. The number of anilines is 2. The van der Waals surface area contributed by atoms with E-state index in [1.807, 2.05) is 0 Å². The Labute approximate surface area is 223 Å². The zero-order chi connectivity index (χ0) is 28.5. The van der Waals surface area contributed by atoms with Crippen LogP contribution in [0, 0.1) is 0 Å². The van der Waals surface area contributed by atoms with Crippen LogP contribution in [0.2, 0.25) is 5.02 Å². The van der Waals surface area contributed by atoms with Gasteiger partial charge in [0.1, 0.15) is 0 Å². The first-order valence-electron chi connectivity index (χ1n) is 10.2. The number of benzene rings is 2. The molecule has 0 unspecified atom stereocenters. The van der Waals surface area contributed by atoms with Crippen LogP contribution < -0.4 is 20.4 Å². The lowest BCUT2D eigenvalue weighted by atomic mass is 9.94. The number of carbonyl (C=O) groups excluding carboxylic acids is 2. The first-order chi connectivity index (χ1) is 17.6. The van der Waals surface area contributed by atoms with Gasteiger partial charge >= 0.3 is 18.0 Å². The number of rotatable bonds is 6. The number of nitrogens with one attached hydrogen (secondary N) is 3. The molecular weight excluding hydrogens is 615 g/mol. The van der Waals surface area contributed by atoms with Crippen LogP contribution in [0.15, 0.2) is 59.3 Å². The van der Waals surface area contributed by atoms with E-state index in [2.05, 4.69) is 31.5 Å². The summed E-state index contributed by atoms with van der Waals surface area (Å²) in [6.07, 6.45) is -9.68. The van der Waals surface area contributed by atoms with Crippen LogP contribution in [-0.4, -0.2) is 31.3 Å². The Morgan fingerprint density at radius 2 is 1.53 bits per heavy atom. The van der Waals surface area contributed by atoms with E-state index in [0.717, 1.165) is 0 Å². The first kappa shape index (κ1) is 29.2. The summed E-state index contributed by atoms with van der Waals surface area (Å²) < 4.78 is 97.9. The summed E-state index contributed by atoms with van der Waals surface area (Å²) in [6.45, 7) is 0. The predicted molar refractivity (Wildman–Crippen MR) is 126 cm³/mol. The molecule has 15 heteroatoms. The molecule has 3 rings (SSSR count). The minimum atomic E-state index is -6.35. The molecule has 3 aromatic rings. The molecule has 1 heterocycles. The number of carbonyl (C=O) groups is 2. The third-order valence-electron chi connectivity index (χ3n) is 5.15. The van der Waals surface area contributed by atoms with Gasteiger partial charge < -0.3 is 15.4 Å². The second-order valence-corrected chi connectivity index (χ2v) is 8.81. The third-order valence-corrected chi connectivity index (χ3v) is 6.08. The highest BCUT2D eigenvalue weighted by Crippen LogP contribution is 2.54. The smallest absolute Gasteiger partial charge is 0.435 e. The number of ether oxygens (including phenoxy) is 1. The van der Waals surface area contributed by atoms with Crippen molar-refractivity contribution in [2.45, 2.75) is 18.0 Å². The summed E-state index contributed by atoms with van der Waals surface area (Å²) in [6, 6.07) is 7.40. The van der Waals surface area contributed by atoms with Gasteiger partial charge in [0.05, 0.1) is 34.6 Å². The van der Waals surface area contributed by atoms with Gasteiger partial charge in [0, 0.05) is 22.2 Å². The zero-order valence-electron chi connectivity index (χ0n) is 18.8. The Bertz CT molecular complexity index is 1330. The van der Waals surface area contributed by atoms with Gasteiger partial charge in [-0.1, -0.05) is 17.7 Å².